The van der Waals surface area contributed by atoms with E-state index in [4.69, 9.17) is 4.74 Å². The van der Waals surface area contributed by atoms with Crippen molar-refractivity contribution < 1.29 is 28.2 Å². The molecule has 0 aliphatic carbocycles. The SMILES string of the molecule is O=C(O)[C@@H]1[C@H](C(=O)Nc2ccc(F)c(F)c2)[C@@H]2CC[C@@H]1O2. The second-order valence-corrected chi connectivity index (χ2v) is 5.30. The highest BCUT2D eigenvalue weighted by Gasteiger charge is 2.55. The van der Waals surface area contributed by atoms with Crippen LogP contribution in [0.15, 0.2) is 18.2 Å². The van der Waals surface area contributed by atoms with E-state index in [2.05, 4.69) is 5.32 Å². The molecule has 21 heavy (non-hydrogen) atoms. The molecule has 0 aromatic heterocycles. The third-order valence-corrected chi connectivity index (χ3v) is 4.05. The number of ether oxygens (including phenoxy) is 1. The molecular weight excluding hydrogens is 284 g/mol. The smallest absolute Gasteiger partial charge is 0.310 e. The molecule has 2 N–H and O–H groups in total. The van der Waals surface area contributed by atoms with E-state index in [9.17, 15) is 23.5 Å². The van der Waals surface area contributed by atoms with Crippen molar-refractivity contribution in [2.45, 2.75) is 25.0 Å². The molecule has 1 aromatic carbocycles. The highest BCUT2D eigenvalue weighted by molar-refractivity contribution is 5.96. The molecule has 7 heteroatoms. The molecule has 2 bridgehead atoms. The van der Waals surface area contributed by atoms with E-state index in [0.29, 0.717) is 12.8 Å². The number of rotatable bonds is 3. The van der Waals surface area contributed by atoms with Gasteiger partial charge in [-0.05, 0) is 25.0 Å². The van der Waals surface area contributed by atoms with Crippen LogP contribution in [0.1, 0.15) is 12.8 Å². The van der Waals surface area contributed by atoms with Gasteiger partial charge in [-0.2, -0.15) is 0 Å². The van der Waals surface area contributed by atoms with Gasteiger partial charge >= 0.3 is 5.97 Å². The minimum absolute atomic E-state index is 0.0887. The van der Waals surface area contributed by atoms with E-state index in [-0.39, 0.29) is 5.69 Å². The Morgan fingerprint density at radius 1 is 1.14 bits per heavy atom. The molecule has 5 nitrogen and oxygen atoms in total. The fourth-order valence-electron chi connectivity index (χ4n) is 3.12. The molecular formula is C14H13F2NO4. The Morgan fingerprint density at radius 3 is 2.43 bits per heavy atom. The summed E-state index contributed by atoms with van der Waals surface area (Å²) >= 11 is 0. The number of nitrogens with one attached hydrogen (secondary N) is 1. The number of halogens is 2. The standard InChI is InChI=1S/C14H13F2NO4/c15-7-2-1-6(5-8(7)16)17-13(18)11-9-3-4-10(21-9)12(11)14(19)20/h1-2,5,9-12H,3-4H2,(H,17,18)(H,19,20)/t9-,10-,11+,12-/m0/s1. The third kappa shape index (κ3) is 2.37. The molecule has 0 radical (unpaired) electrons. The van der Waals surface area contributed by atoms with Gasteiger partial charge in [-0.3, -0.25) is 9.59 Å². The van der Waals surface area contributed by atoms with Gasteiger partial charge in [0.25, 0.3) is 0 Å². The molecule has 0 saturated carbocycles. The highest BCUT2D eigenvalue weighted by atomic mass is 19.2. The molecule has 1 aromatic rings. The Kier molecular flexibility index (Phi) is 3.36. The Balaban J connectivity index is 1.78. The van der Waals surface area contributed by atoms with Crippen molar-refractivity contribution in [3.05, 3.63) is 29.8 Å². The van der Waals surface area contributed by atoms with Crippen LogP contribution < -0.4 is 5.32 Å². The largest absolute Gasteiger partial charge is 0.481 e. The van der Waals surface area contributed by atoms with Crippen LogP contribution >= 0.6 is 0 Å². The average Bonchev–Trinajstić information content (AvgIpc) is 3.03. The van der Waals surface area contributed by atoms with Crippen LogP contribution in [0.25, 0.3) is 0 Å². The number of hydrogen-bond donors (Lipinski definition) is 2. The van der Waals surface area contributed by atoms with E-state index in [1.54, 1.807) is 0 Å². The summed E-state index contributed by atoms with van der Waals surface area (Å²) in [5, 5.41) is 11.7. The van der Waals surface area contributed by atoms with E-state index in [1.807, 2.05) is 0 Å². The number of amides is 1. The predicted molar refractivity (Wildman–Crippen MR) is 67.5 cm³/mol. The van der Waals surface area contributed by atoms with Crippen molar-refractivity contribution in [1.29, 1.82) is 0 Å². The van der Waals surface area contributed by atoms with Crippen molar-refractivity contribution in [2.24, 2.45) is 11.8 Å². The summed E-state index contributed by atoms with van der Waals surface area (Å²) in [5.74, 6) is -5.41. The molecule has 0 spiro atoms. The zero-order chi connectivity index (χ0) is 15.1. The number of hydrogen-bond acceptors (Lipinski definition) is 3. The fraction of sp³-hybridized carbons (Fsp3) is 0.429. The highest BCUT2D eigenvalue weighted by Crippen LogP contribution is 2.44. The second-order valence-electron chi connectivity index (χ2n) is 5.30. The van der Waals surface area contributed by atoms with Gasteiger partial charge in [-0.1, -0.05) is 0 Å². The number of anilines is 1. The van der Waals surface area contributed by atoms with Crippen LogP contribution in [0.5, 0.6) is 0 Å². The van der Waals surface area contributed by atoms with Crippen LogP contribution in [0.3, 0.4) is 0 Å². The summed E-state index contributed by atoms with van der Waals surface area (Å²) in [5.41, 5.74) is 0.0887. The first-order chi connectivity index (χ1) is 9.97. The molecule has 2 fully saturated rings. The minimum Gasteiger partial charge on any atom is -0.481 e. The van der Waals surface area contributed by atoms with Crippen LogP contribution in [0, 0.1) is 23.5 Å². The van der Waals surface area contributed by atoms with Crippen LogP contribution in [0.2, 0.25) is 0 Å². The van der Waals surface area contributed by atoms with Gasteiger partial charge in [-0.25, -0.2) is 8.78 Å². The molecule has 2 aliphatic heterocycles. The van der Waals surface area contributed by atoms with Crippen molar-refractivity contribution in [1.82, 2.24) is 0 Å². The van der Waals surface area contributed by atoms with Crippen molar-refractivity contribution >= 4 is 17.6 Å². The fourth-order valence-corrected chi connectivity index (χ4v) is 3.12. The van der Waals surface area contributed by atoms with E-state index >= 15 is 0 Å². The number of benzene rings is 1. The third-order valence-electron chi connectivity index (χ3n) is 4.05. The van der Waals surface area contributed by atoms with E-state index in [1.165, 1.54) is 6.07 Å². The maximum atomic E-state index is 13.1. The molecule has 2 aliphatic rings. The Labute approximate surface area is 118 Å². The van der Waals surface area contributed by atoms with Crippen molar-refractivity contribution in [2.75, 3.05) is 5.32 Å². The van der Waals surface area contributed by atoms with E-state index in [0.717, 1.165) is 12.1 Å². The summed E-state index contributed by atoms with van der Waals surface area (Å²) in [6.45, 7) is 0. The summed E-state index contributed by atoms with van der Waals surface area (Å²) in [6.07, 6.45) is 0.371. The monoisotopic (exact) mass is 297 g/mol. The second kappa shape index (κ2) is 5.07. The first-order valence-corrected chi connectivity index (χ1v) is 6.61. The molecule has 4 atom stereocenters. The van der Waals surface area contributed by atoms with Gasteiger partial charge in [0, 0.05) is 11.8 Å². The average molecular weight is 297 g/mol. The zero-order valence-corrected chi connectivity index (χ0v) is 10.9. The summed E-state index contributed by atoms with van der Waals surface area (Å²) < 4.78 is 31.4. The molecule has 3 rings (SSSR count). The van der Waals surface area contributed by atoms with Crippen LogP contribution in [-0.2, 0) is 14.3 Å². The molecule has 2 heterocycles. The van der Waals surface area contributed by atoms with E-state index < -0.39 is 47.6 Å². The lowest BCUT2D eigenvalue weighted by Gasteiger charge is -2.23. The molecule has 112 valence electrons. The maximum absolute atomic E-state index is 13.1. The Hall–Kier alpha value is -2.02. The number of carbonyl (C=O) groups excluding carboxylic acids is 1. The van der Waals surface area contributed by atoms with Gasteiger partial charge in [0.2, 0.25) is 5.91 Å². The van der Waals surface area contributed by atoms with Gasteiger partial charge in [0.1, 0.15) is 0 Å². The van der Waals surface area contributed by atoms with Gasteiger partial charge in [-0.15, -0.1) is 0 Å². The van der Waals surface area contributed by atoms with Crippen LogP contribution in [-0.4, -0.2) is 29.2 Å². The number of carboxylic acid groups (broad SMARTS) is 1. The number of carboxylic acids is 1. The number of carbonyl (C=O) groups is 2. The lowest BCUT2D eigenvalue weighted by Crippen LogP contribution is -2.40. The van der Waals surface area contributed by atoms with Gasteiger partial charge < -0.3 is 15.2 Å². The number of fused-ring (bicyclic) bond motifs is 2. The Morgan fingerprint density at radius 2 is 1.81 bits per heavy atom. The first kappa shape index (κ1) is 13.9. The normalized spacial score (nSPS) is 30.4. The van der Waals surface area contributed by atoms with Gasteiger partial charge in [0.05, 0.1) is 24.0 Å². The van der Waals surface area contributed by atoms with Crippen LogP contribution in [0.4, 0.5) is 14.5 Å². The maximum Gasteiger partial charge on any atom is 0.310 e. The topological polar surface area (TPSA) is 75.6 Å². The predicted octanol–water partition coefficient (Wildman–Crippen LogP) is 1.78. The molecule has 0 unspecified atom stereocenters. The quantitative estimate of drug-likeness (QED) is 0.891. The Bertz CT molecular complexity index is 607. The minimum atomic E-state index is -1.08. The lowest BCUT2D eigenvalue weighted by molar-refractivity contribution is -0.147. The molecule has 2 saturated heterocycles. The summed E-state index contributed by atoms with van der Waals surface area (Å²) in [4.78, 5) is 23.5. The number of aliphatic carboxylic acids is 1. The van der Waals surface area contributed by atoms with Gasteiger partial charge in [0.15, 0.2) is 11.6 Å². The summed E-state index contributed by atoms with van der Waals surface area (Å²) in [6, 6.07) is 2.98. The van der Waals surface area contributed by atoms with Crippen molar-refractivity contribution in [3.8, 4) is 0 Å². The summed E-state index contributed by atoms with van der Waals surface area (Å²) in [7, 11) is 0. The first-order valence-electron chi connectivity index (χ1n) is 6.61. The van der Waals surface area contributed by atoms with Crippen molar-refractivity contribution in [3.63, 3.8) is 0 Å². The lowest BCUT2D eigenvalue weighted by atomic mass is 9.78. The molecule has 1 amide bonds. The zero-order valence-electron chi connectivity index (χ0n) is 10.9.